The molecule has 0 unspecified atom stereocenters. The minimum Gasteiger partial charge on any atom is -0.462 e. The molecule has 0 spiro atoms. The minimum atomic E-state index is -0.298. The van der Waals surface area contributed by atoms with Gasteiger partial charge in [-0.3, -0.25) is 0 Å². The van der Waals surface area contributed by atoms with Gasteiger partial charge in [-0.15, -0.1) is 0 Å². The Labute approximate surface area is 106 Å². The van der Waals surface area contributed by atoms with E-state index in [1.165, 1.54) is 0 Å². The zero-order valence-corrected chi connectivity index (χ0v) is 10.2. The van der Waals surface area contributed by atoms with Gasteiger partial charge < -0.3 is 9.72 Å². The maximum Gasteiger partial charge on any atom is 0.339 e. The van der Waals surface area contributed by atoms with Crippen LogP contribution in [-0.4, -0.2) is 17.6 Å². The molecule has 1 heterocycles. The van der Waals surface area contributed by atoms with Crippen molar-refractivity contribution in [2.24, 2.45) is 0 Å². The summed E-state index contributed by atoms with van der Waals surface area (Å²) in [5.41, 5.74) is 2.54. The number of hydrogen-bond acceptors (Lipinski definition) is 2. The first kappa shape index (κ1) is 12.2. The second kappa shape index (κ2) is 5.87. The maximum atomic E-state index is 11.5. The Kier molecular flexibility index (Phi) is 3.97. The summed E-state index contributed by atoms with van der Waals surface area (Å²) in [6.07, 6.45) is 5.57. The van der Waals surface area contributed by atoms with Crippen LogP contribution in [0.25, 0.3) is 12.2 Å². The predicted octanol–water partition coefficient (Wildman–Crippen LogP) is 3.36. The minimum absolute atomic E-state index is 0.298. The Morgan fingerprint density at radius 2 is 2.06 bits per heavy atom. The fourth-order valence-electron chi connectivity index (χ4n) is 1.59. The molecule has 2 aromatic rings. The topological polar surface area (TPSA) is 42.1 Å². The molecular weight excluding hydrogens is 226 g/mol. The van der Waals surface area contributed by atoms with E-state index in [1.54, 1.807) is 19.2 Å². The molecule has 3 nitrogen and oxygen atoms in total. The van der Waals surface area contributed by atoms with Gasteiger partial charge in [-0.25, -0.2) is 4.79 Å². The van der Waals surface area contributed by atoms with Crippen molar-refractivity contribution in [1.82, 2.24) is 4.98 Å². The van der Waals surface area contributed by atoms with E-state index in [9.17, 15) is 4.79 Å². The third-order valence-corrected chi connectivity index (χ3v) is 2.47. The van der Waals surface area contributed by atoms with Crippen molar-refractivity contribution in [1.29, 1.82) is 0 Å². The highest BCUT2D eigenvalue weighted by Gasteiger charge is 2.07. The number of aromatic nitrogens is 1. The van der Waals surface area contributed by atoms with Crippen molar-refractivity contribution < 1.29 is 9.53 Å². The molecule has 18 heavy (non-hydrogen) atoms. The van der Waals surface area contributed by atoms with E-state index < -0.39 is 0 Å². The van der Waals surface area contributed by atoms with Gasteiger partial charge in [-0.1, -0.05) is 36.4 Å². The van der Waals surface area contributed by atoms with Crippen LogP contribution in [0.1, 0.15) is 28.5 Å². The molecule has 0 radical (unpaired) electrons. The fourth-order valence-corrected chi connectivity index (χ4v) is 1.59. The molecule has 0 saturated heterocycles. The third kappa shape index (κ3) is 3.10. The van der Waals surface area contributed by atoms with E-state index in [0.717, 1.165) is 11.3 Å². The van der Waals surface area contributed by atoms with E-state index in [2.05, 4.69) is 4.98 Å². The van der Waals surface area contributed by atoms with Crippen LogP contribution in [-0.2, 0) is 4.74 Å². The number of aromatic amines is 1. The van der Waals surface area contributed by atoms with Crippen LogP contribution in [0, 0.1) is 0 Å². The van der Waals surface area contributed by atoms with Gasteiger partial charge in [0.15, 0.2) is 0 Å². The summed E-state index contributed by atoms with van der Waals surface area (Å²) in [6, 6.07) is 11.8. The summed E-state index contributed by atoms with van der Waals surface area (Å²) in [5.74, 6) is -0.298. The highest BCUT2D eigenvalue weighted by molar-refractivity contribution is 5.90. The molecule has 1 N–H and O–H groups in total. The zero-order valence-electron chi connectivity index (χ0n) is 10.2. The van der Waals surface area contributed by atoms with E-state index in [1.807, 2.05) is 42.5 Å². The molecular formula is C15H15NO2. The summed E-state index contributed by atoms with van der Waals surface area (Å²) >= 11 is 0. The number of hydrogen-bond donors (Lipinski definition) is 1. The Balaban J connectivity index is 2.07. The number of rotatable bonds is 4. The monoisotopic (exact) mass is 241 g/mol. The van der Waals surface area contributed by atoms with Crippen molar-refractivity contribution in [2.75, 3.05) is 6.61 Å². The quantitative estimate of drug-likeness (QED) is 0.834. The first-order valence-corrected chi connectivity index (χ1v) is 5.88. The molecule has 0 saturated carbocycles. The molecule has 0 amide bonds. The molecule has 0 aliphatic heterocycles. The van der Waals surface area contributed by atoms with Crippen LogP contribution in [0.3, 0.4) is 0 Å². The van der Waals surface area contributed by atoms with Gasteiger partial charge in [0.05, 0.1) is 12.2 Å². The maximum absolute atomic E-state index is 11.5. The predicted molar refractivity (Wildman–Crippen MR) is 72.1 cm³/mol. The van der Waals surface area contributed by atoms with Gasteiger partial charge >= 0.3 is 5.97 Å². The van der Waals surface area contributed by atoms with Crippen molar-refractivity contribution in [3.63, 3.8) is 0 Å². The summed E-state index contributed by atoms with van der Waals surface area (Å²) in [6.45, 7) is 2.18. The first-order valence-electron chi connectivity index (χ1n) is 5.88. The standard InChI is InChI=1S/C15H15NO2/c1-2-18-15(17)13-10-14(16-11-13)9-8-12-6-4-3-5-7-12/h3-11,16H,2H2,1H3/b9-8+. The van der Waals surface area contributed by atoms with E-state index in [4.69, 9.17) is 4.74 Å². The van der Waals surface area contributed by atoms with Crippen LogP contribution >= 0.6 is 0 Å². The second-order valence-electron chi connectivity index (χ2n) is 3.81. The second-order valence-corrected chi connectivity index (χ2v) is 3.81. The molecule has 0 bridgehead atoms. The summed E-state index contributed by atoms with van der Waals surface area (Å²) < 4.78 is 4.92. The Bertz CT molecular complexity index is 541. The van der Waals surface area contributed by atoms with Crippen LogP contribution in [0.15, 0.2) is 42.6 Å². The molecule has 0 fully saturated rings. The van der Waals surface area contributed by atoms with Crippen LogP contribution in [0.5, 0.6) is 0 Å². The van der Waals surface area contributed by atoms with Gasteiger partial charge in [0.2, 0.25) is 0 Å². The lowest BCUT2D eigenvalue weighted by Crippen LogP contribution is -2.02. The Morgan fingerprint density at radius 1 is 1.28 bits per heavy atom. The zero-order chi connectivity index (χ0) is 12.8. The summed E-state index contributed by atoms with van der Waals surface area (Å²) in [7, 11) is 0. The fraction of sp³-hybridized carbons (Fsp3) is 0.133. The van der Waals surface area contributed by atoms with Crippen molar-refractivity contribution in [2.45, 2.75) is 6.92 Å². The number of H-pyrrole nitrogens is 1. The normalized spacial score (nSPS) is 10.7. The highest BCUT2D eigenvalue weighted by Crippen LogP contribution is 2.10. The molecule has 0 aliphatic carbocycles. The van der Waals surface area contributed by atoms with E-state index >= 15 is 0 Å². The summed E-state index contributed by atoms with van der Waals surface area (Å²) in [5, 5.41) is 0. The Hall–Kier alpha value is -2.29. The number of esters is 1. The molecule has 1 aromatic carbocycles. The molecule has 2 rings (SSSR count). The number of carbonyl (C=O) groups is 1. The lowest BCUT2D eigenvalue weighted by molar-refractivity contribution is 0.0526. The van der Waals surface area contributed by atoms with Gasteiger partial charge in [0.25, 0.3) is 0 Å². The van der Waals surface area contributed by atoms with Crippen LogP contribution < -0.4 is 0 Å². The smallest absolute Gasteiger partial charge is 0.339 e. The van der Waals surface area contributed by atoms with Gasteiger partial charge in [0.1, 0.15) is 0 Å². The van der Waals surface area contributed by atoms with Crippen LogP contribution in [0.2, 0.25) is 0 Å². The van der Waals surface area contributed by atoms with E-state index in [0.29, 0.717) is 12.2 Å². The lowest BCUT2D eigenvalue weighted by atomic mass is 10.2. The number of benzene rings is 1. The van der Waals surface area contributed by atoms with Crippen molar-refractivity contribution in [3.05, 3.63) is 59.4 Å². The average Bonchev–Trinajstić information content (AvgIpc) is 2.87. The third-order valence-electron chi connectivity index (χ3n) is 2.47. The number of ether oxygens (including phenoxy) is 1. The van der Waals surface area contributed by atoms with Gasteiger partial charge in [0, 0.05) is 11.9 Å². The van der Waals surface area contributed by atoms with E-state index in [-0.39, 0.29) is 5.97 Å². The highest BCUT2D eigenvalue weighted by atomic mass is 16.5. The number of carbonyl (C=O) groups excluding carboxylic acids is 1. The van der Waals surface area contributed by atoms with Gasteiger partial charge in [-0.2, -0.15) is 0 Å². The number of nitrogens with one attached hydrogen (secondary N) is 1. The Morgan fingerprint density at radius 3 is 2.78 bits per heavy atom. The first-order chi connectivity index (χ1) is 8.79. The molecule has 0 aliphatic rings. The molecule has 0 atom stereocenters. The molecule has 3 heteroatoms. The van der Waals surface area contributed by atoms with Crippen molar-refractivity contribution >= 4 is 18.1 Å². The molecule has 92 valence electrons. The average molecular weight is 241 g/mol. The van der Waals surface area contributed by atoms with Crippen molar-refractivity contribution in [3.8, 4) is 0 Å². The summed E-state index contributed by atoms with van der Waals surface area (Å²) in [4.78, 5) is 14.5. The lowest BCUT2D eigenvalue weighted by Gasteiger charge is -1.96. The molecule has 1 aromatic heterocycles. The van der Waals surface area contributed by atoms with Crippen LogP contribution in [0.4, 0.5) is 0 Å². The van der Waals surface area contributed by atoms with Gasteiger partial charge in [-0.05, 0) is 24.6 Å². The largest absolute Gasteiger partial charge is 0.462 e. The SMILES string of the molecule is CCOC(=O)c1c[nH]c(/C=C/c2ccccc2)c1.